The maximum atomic E-state index is 14.3. The fourth-order valence-corrected chi connectivity index (χ4v) is 19.2. The molecule has 12 heteroatoms. The third-order valence-corrected chi connectivity index (χ3v) is 25.1. The number of benzene rings is 19. The third-order valence-electron chi connectivity index (χ3n) is 25.1. The van der Waals surface area contributed by atoms with E-state index in [2.05, 4.69) is 149 Å². The van der Waals surface area contributed by atoms with Crippen LogP contribution in [0.25, 0.3) is 209 Å². The third kappa shape index (κ3) is 12.4. The van der Waals surface area contributed by atoms with Crippen LogP contribution in [0.5, 0.6) is 0 Å². The van der Waals surface area contributed by atoms with Gasteiger partial charge in [-0.15, -0.1) is 0 Å². The van der Waals surface area contributed by atoms with Crippen molar-refractivity contribution in [1.82, 2.24) is 27.4 Å². The first-order valence-corrected chi connectivity index (χ1v) is 42.6. The number of para-hydroxylation sites is 8. The zero-order valence-electron chi connectivity index (χ0n) is 68.7. The Hall–Kier alpha value is -17.5. The van der Waals surface area contributed by atoms with E-state index in [-0.39, 0.29) is 32.6 Å². The van der Waals surface area contributed by atoms with E-state index < -0.39 is 0 Å². The maximum absolute atomic E-state index is 14.3. The minimum Gasteiger partial charge on any atom is -0.309 e. The van der Waals surface area contributed by atoms with Crippen LogP contribution in [0, 0.1) is 0 Å². The van der Waals surface area contributed by atoms with Gasteiger partial charge in [0, 0.05) is 98.2 Å². The normalized spacial score (nSPS) is 11.6. The lowest BCUT2D eigenvalue weighted by molar-refractivity contribution is 1.15. The zero-order chi connectivity index (χ0) is 85.8. The van der Waals surface area contributed by atoms with Crippen LogP contribution in [0.15, 0.2) is 466 Å². The second kappa shape index (κ2) is 30.8. The summed E-state index contributed by atoms with van der Waals surface area (Å²) in [6, 6.07) is 144. The first-order chi connectivity index (χ1) is 63.1. The molecular formula is C116H72N6O6. The molecule has 6 heterocycles. The Labute approximate surface area is 729 Å². The molecule has 0 unspecified atom stereocenters. The van der Waals surface area contributed by atoms with Crippen molar-refractivity contribution < 1.29 is 0 Å². The monoisotopic (exact) mass is 1640 g/mol. The van der Waals surface area contributed by atoms with Gasteiger partial charge in [-0.3, -0.25) is 28.8 Å². The Morgan fingerprint density at radius 2 is 0.312 bits per heavy atom. The molecule has 0 bridgehead atoms. The molecule has 0 fully saturated rings. The summed E-state index contributed by atoms with van der Waals surface area (Å²) in [5, 5.41) is 11.5. The number of fused-ring (bicyclic) bond motifs is 14. The van der Waals surface area contributed by atoms with Gasteiger partial charge < -0.3 is 27.4 Å². The molecule has 0 amide bonds. The van der Waals surface area contributed by atoms with E-state index in [9.17, 15) is 28.8 Å². The van der Waals surface area contributed by atoms with Crippen molar-refractivity contribution >= 4 is 152 Å². The fourth-order valence-electron chi connectivity index (χ4n) is 19.2. The molecule has 0 aliphatic heterocycles. The van der Waals surface area contributed by atoms with Crippen molar-refractivity contribution in [3.05, 3.63) is 498 Å². The number of nitrogens with zero attached hydrogens (tertiary/aromatic N) is 6. The number of rotatable bonds is 8. The fraction of sp³-hybridized carbons (Fsp3) is 0. The van der Waals surface area contributed by atoms with Gasteiger partial charge in [-0.05, 0) is 203 Å². The second-order valence-electron chi connectivity index (χ2n) is 32.2. The highest BCUT2D eigenvalue weighted by atomic mass is 16.1. The van der Waals surface area contributed by atoms with Crippen LogP contribution in [0.3, 0.4) is 0 Å². The lowest BCUT2D eigenvalue weighted by Gasteiger charge is -2.20. The van der Waals surface area contributed by atoms with Crippen LogP contribution in [0.1, 0.15) is 0 Å². The van der Waals surface area contributed by atoms with Gasteiger partial charge in [0.1, 0.15) is 0 Å². The molecule has 0 aliphatic rings. The van der Waals surface area contributed by atoms with Crippen molar-refractivity contribution in [3.8, 4) is 56.4 Å². The average molecular weight is 1650 g/mol. The van der Waals surface area contributed by atoms with Gasteiger partial charge in [-0.25, -0.2) is 0 Å². The van der Waals surface area contributed by atoms with Crippen molar-refractivity contribution in [2.75, 3.05) is 0 Å². The molecule has 25 rings (SSSR count). The van der Waals surface area contributed by atoms with Gasteiger partial charge in [0.2, 0.25) is 0 Å². The molecule has 0 N–H and O–H groups in total. The summed E-state index contributed by atoms with van der Waals surface area (Å²) in [5.74, 6) is 0. The molecular weight excluding hydrogens is 1570 g/mol. The predicted octanol–water partition coefficient (Wildman–Crippen LogP) is 25.4. The first kappa shape index (κ1) is 75.5. The lowest BCUT2D eigenvalue weighted by Crippen LogP contribution is -2.14. The smallest absolute Gasteiger partial charge is 0.197 e. The summed E-state index contributed by atoms with van der Waals surface area (Å²) in [4.78, 5) is 84.7. The summed E-state index contributed by atoms with van der Waals surface area (Å²) in [5.41, 5.74) is 18.8. The van der Waals surface area contributed by atoms with Crippen LogP contribution < -0.4 is 32.6 Å². The molecule has 0 spiro atoms. The minimum absolute atomic E-state index is 0.0464. The standard InChI is InChI=1S/C44H28N2O2.C40H24N2O2.C32H20N2O2/c47-43-35-15-7-9-17-39(35)45(33-23-19-31(20-24-33)29-11-3-1-4-12-29)41-27-38-42(28-37(41)43)46(40-18-10-8-16-36(40)44(38)48)34-25-21-32(22-26-34)30-13-5-2-6-14-30;43-39-29-17-5-7-19-35(29)41(33-21-9-13-25-11-1-3-15-27(25)33)37-23-32-38(24-31(37)39)42(36-20-8-6-18-30(36)40(32)44)34-22-10-14-26-12-2-4-16-28(26)34;35-31-23-15-7-9-17-27(23)33(21-11-3-1-4-12-21)29-19-26-30(20-25(29)31)34(22-13-5-2-6-14-22)28-18-10-8-16-24(28)32(26)36/h1-28H;1-24H;1-20H. The number of hydrogen-bond acceptors (Lipinski definition) is 6. The molecule has 0 saturated carbocycles. The number of aromatic nitrogens is 6. The van der Waals surface area contributed by atoms with Crippen LogP contribution in [-0.2, 0) is 0 Å². The molecule has 0 aliphatic carbocycles. The van der Waals surface area contributed by atoms with E-state index in [1.165, 1.54) is 0 Å². The maximum Gasteiger partial charge on any atom is 0.197 e. The molecule has 19 aromatic carbocycles. The predicted molar refractivity (Wildman–Crippen MR) is 529 cm³/mol. The zero-order valence-corrected chi connectivity index (χ0v) is 68.7. The van der Waals surface area contributed by atoms with E-state index >= 15 is 0 Å². The topological polar surface area (TPSA) is 132 Å². The van der Waals surface area contributed by atoms with Crippen molar-refractivity contribution in [2.45, 2.75) is 0 Å². The SMILES string of the molecule is O=c1c2ccccc2n(-c2ccc(-c3ccccc3)cc2)c2cc3c(=O)c4ccccc4n(-c4ccc(-c5ccccc5)cc4)c3cc12.O=c1c2ccccc2n(-c2cccc3ccccc23)c2cc3c(=O)c4ccccc4n(-c4cccc5ccccc45)c3cc12.O=c1c2ccccc2n(-c2ccccc2)c2cc3c(=O)c4ccccc4n(-c4ccccc4)c3cc12. The Balaban J connectivity index is 0.000000111. The van der Waals surface area contributed by atoms with Crippen LogP contribution in [0.4, 0.5) is 0 Å². The first-order valence-electron chi connectivity index (χ1n) is 42.6. The number of pyridine rings is 6. The second-order valence-corrected chi connectivity index (χ2v) is 32.2. The number of hydrogen-bond donors (Lipinski definition) is 0. The van der Waals surface area contributed by atoms with Gasteiger partial charge in [0.25, 0.3) is 0 Å². The Morgan fingerprint density at radius 3 is 0.578 bits per heavy atom. The van der Waals surface area contributed by atoms with Crippen LogP contribution >= 0.6 is 0 Å². The summed E-state index contributed by atoms with van der Waals surface area (Å²) in [6.45, 7) is 0. The van der Waals surface area contributed by atoms with Gasteiger partial charge in [0.05, 0.1) is 77.6 Å². The largest absolute Gasteiger partial charge is 0.309 e. The Bertz CT molecular complexity index is 8780. The molecule has 128 heavy (non-hydrogen) atoms. The van der Waals surface area contributed by atoms with E-state index in [4.69, 9.17) is 0 Å². The molecule has 0 atom stereocenters. The van der Waals surface area contributed by atoms with Gasteiger partial charge in [-0.2, -0.15) is 0 Å². The molecule has 12 nitrogen and oxygen atoms in total. The highest BCUT2D eigenvalue weighted by Gasteiger charge is 2.25. The minimum atomic E-state index is -0.0637. The Kier molecular flexibility index (Phi) is 18.2. The van der Waals surface area contributed by atoms with Crippen molar-refractivity contribution in [1.29, 1.82) is 0 Å². The van der Waals surface area contributed by atoms with Crippen molar-refractivity contribution in [2.24, 2.45) is 0 Å². The van der Waals surface area contributed by atoms with Crippen LogP contribution in [-0.4, -0.2) is 27.4 Å². The highest BCUT2D eigenvalue weighted by molar-refractivity contribution is 6.11. The lowest BCUT2D eigenvalue weighted by atomic mass is 10.0. The quantitative estimate of drug-likeness (QED) is 0.139. The van der Waals surface area contributed by atoms with E-state index in [1.807, 2.05) is 315 Å². The molecule has 6 aromatic heterocycles. The van der Waals surface area contributed by atoms with E-state index in [0.29, 0.717) is 97.7 Å². The molecule has 602 valence electrons. The van der Waals surface area contributed by atoms with Gasteiger partial charge in [-0.1, -0.05) is 267 Å². The highest BCUT2D eigenvalue weighted by Crippen LogP contribution is 2.39. The average Bonchev–Trinajstić information content (AvgIpc) is 0.737. The summed E-state index contributed by atoms with van der Waals surface area (Å²) >= 11 is 0. The molecule has 0 radical (unpaired) electrons. The molecule has 25 aromatic rings. The van der Waals surface area contributed by atoms with E-state index in [1.54, 1.807) is 0 Å². The van der Waals surface area contributed by atoms with Gasteiger partial charge in [0.15, 0.2) is 32.6 Å². The Morgan fingerprint density at radius 1 is 0.125 bits per heavy atom. The van der Waals surface area contributed by atoms with Gasteiger partial charge >= 0.3 is 0 Å². The van der Waals surface area contributed by atoms with Crippen LogP contribution in [0.2, 0.25) is 0 Å². The molecule has 0 saturated heterocycles. The van der Waals surface area contributed by atoms with Crippen molar-refractivity contribution in [3.63, 3.8) is 0 Å². The summed E-state index contributed by atoms with van der Waals surface area (Å²) in [6.07, 6.45) is 0. The summed E-state index contributed by atoms with van der Waals surface area (Å²) < 4.78 is 12.7. The summed E-state index contributed by atoms with van der Waals surface area (Å²) in [7, 11) is 0. The van der Waals surface area contributed by atoms with E-state index in [0.717, 1.165) is 111 Å².